The van der Waals surface area contributed by atoms with E-state index in [-0.39, 0.29) is 5.91 Å². The number of anilines is 2. The molecule has 0 radical (unpaired) electrons. The molecular formula is C23H26ClN5O2S. The highest BCUT2D eigenvalue weighted by atomic mass is 35.5. The monoisotopic (exact) mass is 471 g/mol. The number of methoxy groups -OCH3 is 1. The van der Waals surface area contributed by atoms with Crippen LogP contribution in [-0.4, -0.2) is 46.1 Å². The van der Waals surface area contributed by atoms with Crippen LogP contribution in [0.3, 0.4) is 0 Å². The van der Waals surface area contributed by atoms with Gasteiger partial charge < -0.3 is 15.0 Å². The largest absolute Gasteiger partial charge is 0.495 e. The van der Waals surface area contributed by atoms with Crippen LogP contribution in [0.25, 0.3) is 5.69 Å². The zero-order valence-corrected chi connectivity index (χ0v) is 19.9. The Hall–Kier alpha value is -2.71. The summed E-state index contributed by atoms with van der Waals surface area (Å²) in [5.74, 6) is 1.20. The van der Waals surface area contributed by atoms with E-state index in [4.69, 9.17) is 16.3 Å². The van der Waals surface area contributed by atoms with Gasteiger partial charge in [-0.05, 0) is 57.0 Å². The van der Waals surface area contributed by atoms with Crippen molar-refractivity contribution in [1.29, 1.82) is 0 Å². The number of hydrogen-bond acceptors (Lipinski definition) is 6. The Morgan fingerprint density at radius 3 is 2.56 bits per heavy atom. The Labute approximate surface area is 197 Å². The summed E-state index contributed by atoms with van der Waals surface area (Å²) in [5, 5.41) is 12.6. The van der Waals surface area contributed by atoms with Crippen molar-refractivity contribution >= 4 is 40.9 Å². The normalized spacial score (nSPS) is 14.4. The van der Waals surface area contributed by atoms with E-state index >= 15 is 0 Å². The van der Waals surface area contributed by atoms with Gasteiger partial charge in [0.2, 0.25) is 11.9 Å². The lowest BCUT2D eigenvalue weighted by Crippen LogP contribution is -2.24. The maximum absolute atomic E-state index is 13.0. The Balaban J connectivity index is 1.59. The number of halogens is 1. The topological polar surface area (TPSA) is 72.3 Å². The average Bonchev–Trinajstić information content (AvgIpc) is 3.44. The van der Waals surface area contributed by atoms with Crippen LogP contribution in [0.5, 0.6) is 5.75 Å². The van der Waals surface area contributed by atoms with Crippen LogP contribution in [-0.2, 0) is 4.79 Å². The summed E-state index contributed by atoms with van der Waals surface area (Å²) >= 11 is 7.46. The molecule has 3 aromatic rings. The lowest BCUT2D eigenvalue weighted by Gasteiger charge is -2.19. The number of nitrogens with one attached hydrogen (secondary N) is 1. The highest BCUT2D eigenvalue weighted by Gasteiger charge is 2.25. The summed E-state index contributed by atoms with van der Waals surface area (Å²) in [6, 6.07) is 13.4. The van der Waals surface area contributed by atoms with Crippen LogP contribution in [0, 0.1) is 6.92 Å². The second-order valence-corrected chi connectivity index (χ2v) is 9.49. The summed E-state index contributed by atoms with van der Waals surface area (Å²) in [6.45, 7) is 5.82. The molecule has 1 unspecified atom stereocenters. The first-order valence-corrected chi connectivity index (χ1v) is 11.8. The summed E-state index contributed by atoms with van der Waals surface area (Å²) in [7, 11) is 1.56. The summed E-state index contributed by atoms with van der Waals surface area (Å²) in [4.78, 5) is 15.2. The van der Waals surface area contributed by atoms with Gasteiger partial charge in [0.1, 0.15) is 5.75 Å². The average molecular weight is 472 g/mol. The summed E-state index contributed by atoms with van der Waals surface area (Å²) in [6.07, 6.45) is 2.28. The first-order chi connectivity index (χ1) is 15.5. The third-order valence-corrected chi connectivity index (χ3v) is 6.65. The van der Waals surface area contributed by atoms with Gasteiger partial charge in [0.15, 0.2) is 5.16 Å². The van der Waals surface area contributed by atoms with E-state index in [1.165, 1.54) is 17.3 Å². The Kier molecular flexibility index (Phi) is 6.91. The Morgan fingerprint density at radius 1 is 1.16 bits per heavy atom. The van der Waals surface area contributed by atoms with Gasteiger partial charge in [0, 0.05) is 18.1 Å². The zero-order chi connectivity index (χ0) is 22.7. The molecule has 1 aromatic heterocycles. The fourth-order valence-electron chi connectivity index (χ4n) is 3.60. The lowest BCUT2D eigenvalue weighted by molar-refractivity contribution is -0.115. The minimum atomic E-state index is -0.418. The van der Waals surface area contributed by atoms with Crippen molar-refractivity contribution in [3.05, 3.63) is 53.1 Å². The van der Waals surface area contributed by atoms with Crippen LogP contribution in [0.4, 0.5) is 11.6 Å². The summed E-state index contributed by atoms with van der Waals surface area (Å²) < 4.78 is 7.37. The maximum atomic E-state index is 13.0. The number of benzene rings is 2. The number of aromatic nitrogens is 3. The highest BCUT2D eigenvalue weighted by molar-refractivity contribution is 8.00. The predicted molar refractivity (Wildman–Crippen MR) is 129 cm³/mol. The van der Waals surface area contributed by atoms with Crippen molar-refractivity contribution in [3.8, 4) is 11.4 Å². The minimum Gasteiger partial charge on any atom is -0.495 e. The number of carbonyl (C=O) groups excluding carboxylic acids is 1. The van der Waals surface area contributed by atoms with Crippen molar-refractivity contribution < 1.29 is 9.53 Å². The van der Waals surface area contributed by atoms with Crippen molar-refractivity contribution in [1.82, 2.24) is 14.8 Å². The van der Waals surface area contributed by atoms with Crippen molar-refractivity contribution in [3.63, 3.8) is 0 Å². The number of carbonyl (C=O) groups is 1. The standard InChI is InChI=1S/C23H26ClN5O2S/c1-15-6-9-18(10-7-15)29-22(28-12-4-5-13-28)26-27-23(29)32-16(2)21(30)25-19-14-17(24)8-11-20(19)31-3/h6-11,14,16H,4-5,12-13H2,1-3H3,(H,25,30). The quantitative estimate of drug-likeness (QED) is 0.491. The van der Waals surface area contributed by atoms with Crippen LogP contribution < -0.4 is 15.0 Å². The van der Waals surface area contributed by atoms with Crippen LogP contribution in [0.1, 0.15) is 25.3 Å². The lowest BCUT2D eigenvalue weighted by atomic mass is 10.2. The number of hydrogen-bond donors (Lipinski definition) is 1. The van der Waals surface area contributed by atoms with Gasteiger partial charge in [-0.25, -0.2) is 0 Å². The molecule has 2 heterocycles. The molecule has 1 N–H and O–H groups in total. The molecule has 9 heteroatoms. The highest BCUT2D eigenvalue weighted by Crippen LogP contribution is 2.32. The van der Waals surface area contributed by atoms with Crippen LogP contribution in [0.15, 0.2) is 47.6 Å². The van der Waals surface area contributed by atoms with E-state index in [0.29, 0.717) is 21.6 Å². The van der Waals surface area contributed by atoms with Crippen molar-refractivity contribution in [2.75, 3.05) is 30.4 Å². The number of amides is 1. The zero-order valence-electron chi connectivity index (χ0n) is 18.3. The van der Waals surface area contributed by atoms with Gasteiger partial charge in [-0.3, -0.25) is 9.36 Å². The molecule has 2 aromatic carbocycles. The fraction of sp³-hybridized carbons (Fsp3) is 0.348. The molecule has 32 heavy (non-hydrogen) atoms. The molecule has 4 rings (SSSR count). The number of thioether (sulfide) groups is 1. The van der Waals surface area contributed by atoms with E-state index in [2.05, 4.69) is 51.6 Å². The molecule has 1 saturated heterocycles. The third kappa shape index (κ3) is 4.86. The van der Waals surface area contributed by atoms with E-state index in [1.807, 2.05) is 11.5 Å². The van der Waals surface area contributed by atoms with Gasteiger partial charge in [0.25, 0.3) is 0 Å². The van der Waals surface area contributed by atoms with Crippen molar-refractivity contribution in [2.24, 2.45) is 0 Å². The number of nitrogens with zero attached hydrogens (tertiary/aromatic N) is 4. The number of rotatable bonds is 7. The third-order valence-electron chi connectivity index (χ3n) is 5.37. The molecule has 1 aliphatic rings. The van der Waals surface area contributed by atoms with Gasteiger partial charge in [0.05, 0.1) is 23.7 Å². The van der Waals surface area contributed by atoms with Gasteiger partial charge in [-0.1, -0.05) is 41.1 Å². The minimum absolute atomic E-state index is 0.170. The predicted octanol–water partition coefficient (Wildman–Crippen LogP) is 4.96. The second-order valence-electron chi connectivity index (χ2n) is 7.74. The molecule has 1 atom stereocenters. The fourth-order valence-corrected chi connectivity index (χ4v) is 4.64. The molecule has 168 valence electrons. The second kappa shape index (κ2) is 9.83. The number of ether oxygens (including phenoxy) is 1. The molecule has 0 aliphatic carbocycles. The van der Waals surface area contributed by atoms with E-state index in [9.17, 15) is 4.79 Å². The molecule has 7 nitrogen and oxygen atoms in total. The SMILES string of the molecule is COc1ccc(Cl)cc1NC(=O)C(C)Sc1nnc(N2CCCC2)n1-c1ccc(C)cc1. The van der Waals surface area contributed by atoms with Gasteiger partial charge in [-0.15, -0.1) is 10.2 Å². The Morgan fingerprint density at radius 2 is 1.88 bits per heavy atom. The first kappa shape index (κ1) is 22.5. The molecule has 1 aliphatic heterocycles. The molecule has 0 bridgehead atoms. The van der Waals surface area contributed by atoms with Crippen LogP contribution in [0.2, 0.25) is 5.02 Å². The number of aryl methyl sites for hydroxylation is 1. The van der Waals surface area contributed by atoms with E-state index in [1.54, 1.807) is 25.3 Å². The Bertz CT molecular complexity index is 1100. The molecular weight excluding hydrogens is 446 g/mol. The molecule has 1 amide bonds. The smallest absolute Gasteiger partial charge is 0.237 e. The molecule has 0 saturated carbocycles. The van der Waals surface area contributed by atoms with E-state index in [0.717, 1.165) is 37.6 Å². The maximum Gasteiger partial charge on any atom is 0.237 e. The van der Waals surface area contributed by atoms with Crippen LogP contribution >= 0.6 is 23.4 Å². The van der Waals surface area contributed by atoms with Gasteiger partial charge in [-0.2, -0.15) is 0 Å². The van der Waals surface area contributed by atoms with Gasteiger partial charge >= 0.3 is 0 Å². The van der Waals surface area contributed by atoms with Crippen molar-refractivity contribution in [2.45, 2.75) is 37.1 Å². The van der Waals surface area contributed by atoms with E-state index < -0.39 is 5.25 Å². The summed E-state index contributed by atoms with van der Waals surface area (Å²) in [5.41, 5.74) is 2.70. The first-order valence-electron chi connectivity index (χ1n) is 10.5. The molecule has 0 spiro atoms. The molecule has 1 fully saturated rings.